The van der Waals surface area contributed by atoms with E-state index in [1.807, 2.05) is 42.7 Å². The Morgan fingerprint density at radius 3 is 2.65 bits per heavy atom. The van der Waals surface area contributed by atoms with E-state index in [4.69, 9.17) is 4.74 Å². The van der Waals surface area contributed by atoms with Gasteiger partial charge < -0.3 is 10.1 Å². The number of ether oxygens (including phenoxy) is 1. The fourth-order valence-corrected chi connectivity index (χ4v) is 5.56. The van der Waals surface area contributed by atoms with E-state index >= 15 is 0 Å². The number of hydrogen-bond donors (Lipinski definition) is 1. The number of thioether (sulfide) groups is 2. The molecule has 1 aliphatic heterocycles. The summed E-state index contributed by atoms with van der Waals surface area (Å²) in [6.45, 7) is 4.52. The third kappa shape index (κ3) is 3.43. The van der Waals surface area contributed by atoms with Crippen molar-refractivity contribution in [3.05, 3.63) is 29.6 Å². The van der Waals surface area contributed by atoms with Crippen molar-refractivity contribution in [3.63, 3.8) is 0 Å². The fourth-order valence-electron chi connectivity index (χ4n) is 2.41. The summed E-state index contributed by atoms with van der Waals surface area (Å²) in [5.74, 6) is 1.42. The molecule has 0 aliphatic carbocycles. The highest BCUT2D eigenvalue weighted by Gasteiger charge is 2.32. The van der Waals surface area contributed by atoms with Crippen LogP contribution in [0.5, 0.6) is 5.75 Å². The lowest BCUT2D eigenvalue weighted by molar-refractivity contribution is 0.409. The van der Waals surface area contributed by atoms with Crippen LogP contribution in [0.25, 0.3) is 0 Å². The van der Waals surface area contributed by atoms with Crippen LogP contribution >= 0.6 is 23.5 Å². The van der Waals surface area contributed by atoms with Crippen LogP contribution in [0.3, 0.4) is 0 Å². The number of rotatable bonds is 4. The van der Waals surface area contributed by atoms with Gasteiger partial charge in [0.25, 0.3) is 0 Å². The van der Waals surface area contributed by atoms with Crippen LogP contribution in [0.15, 0.2) is 18.2 Å². The third-order valence-electron chi connectivity index (χ3n) is 3.80. The smallest absolute Gasteiger partial charge is 0.131 e. The molecule has 0 radical (unpaired) electrons. The standard InChI is InChI=1S/C15H22FNOS2/c1-9-10(2)20-14(8-19-9)15(17-3)12-6-5-11(18-4)7-13(12)16/h5-7,9-10,14-15,17H,8H2,1-4H3. The first-order valence-corrected chi connectivity index (χ1v) is 8.83. The van der Waals surface area contributed by atoms with Gasteiger partial charge in [0.2, 0.25) is 0 Å². The van der Waals surface area contributed by atoms with Gasteiger partial charge in [0.15, 0.2) is 0 Å². The summed E-state index contributed by atoms with van der Waals surface area (Å²) in [5, 5.41) is 4.93. The Hall–Kier alpha value is -0.390. The first-order chi connectivity index (χ1) is 9.56. The summed E-state index contributed by atoms with van der Waals surface area (Å²) >= 11 is 3.94. The summed E-state index contributed by atoms with van der Waals surface area (Å²) in [6.07, 6.45) is 0. The first-order valence-electron chi connectivity index (χ1n) is 6.84. The Morgan fingerprint density at radius 1 is 1.35 bits per heavy atom. The summed E-state index contributed by atoms with van der Waals surface area (Å²) in [5.41, 5.74) is 0.730. The van der Waals surface area contributed by atoms with Crippen LogP contribution in [0.1, 0.15) is 25.5 Å². The molecule has 2 rings (SSSR count). The van der Waals surface area contributed by atoms with Gasteiger partial charge in [0, 0.05) is 39.2 Å². The van der Waals surface area contributed by atoms with E-state index in [0.29, 0.717) is 21.5 Å². The van der Waals surface area contributed by atoms with Gasteiger partial charge in [-0.05, 0) is 13.1 Å². The maximum Gasteiger partial charge on any atom is 0.131 e. The molecule has 2 nitrogen and oxygen atoms in total. The minimum absolute atomic E-state index is 0.0355. The molecule has 1 aromatic carbocycles. The van der Waals surface area contributed by atoms with Crippen molar-refractivity contribution in [2.75, 3.05) is 19.9 Å². The average molecular weight is 315 g/mol. The highest BCUT2D eigenvalue weighted by Crippen LogP contribution is 2.41. The Kier molecular flexibility index (Phi) is 5.64. The highest BCUT2D eigenvalue weighted by molar-refractivity contribution is 8.07. The molecule has 112 valence electrons. The van der Waals surface area contributed by atoms with E-state index in [9.17, 15) is 4.39 Å². The van der Waals surface area contributed by atoms with Crippen molar-refractivity contribution in [3.8, 4) is 5.75 Å². The molecule has 1 fully saturated rings. The molecule has 0 amide bonds. The molecule has 20 heavy (non-hydrogen) atoms. The molecule has 1 aliphatic rings. The van der Waals surface area contributed by atoms with Gasteiger partial charge >= 0.3 is 0 Å². The molecular formula is C15H22FNOS2. The Balaban J connectivity index is 2.20. The molecule has 5 heteroatoms. The second-order valence-electron chi connectivity index (χ2n) is 5.07. The Morgan fingerprint density at radius 2 is 2.10 bits per heavy atom. The summed E-state index contributed by atoms with van der Waals surface area (Å²) in [4.78, 5) is 0. The van der Waals surface area contributed by atoms with Gasteiger partial charge in [0.05, 0.1) is 7.11 Å². The molecule has 1 aromatic rings. The predicted octanol–water partition coefficient (Wildman–Crippen LogP) is 3.72. The molecule has 0 saturated carbocycles. The van der Waals surface area contributed by atoms with Crippen molar-refractivity contribution >= 4 is 23.5 Å². The molecule has 0 aromatic heterocycles. The molecule has 0 spiro atoms. The molecule has 1 saturated heterocycles. The summed E-state index contributed by atoms with van der Waals surface area (Å²) < 4.78 is 19.3. The first kappa shape index (κ1) is 16.0. The number of benzene rings is 1. The zero-order valence-electron chi connectivity index (χ0n) is 12.4. The maximum atomic E-state index is 14.3. The largest absolute Gasteiger partial charge is 0.497 e. The summed E-state index contributed by atoms with van der Waals surface area (Å²) in [7, 11) is 3.46. The van der Waals surface area contributed by atoms with Crippen LogP contribution in [0.4, 0.5) is 4.39 Å². The van der Waals surface area contributed by atoms with E-state index in [2.05, 4.69) is 19.2 Å². The fraction of sp³-hybridized carbons (Fsp3) is 0.600. The molecule has 1 heterocycles. The van der Waals surface area contributed by atoms with Crippen molar-refractivity contribution in [1.29, 1.82) is 0 Å². The maximum absolute atomic E-state index is 14.3. The van der Waals surface area contributed by atoms with Gasteiger partial charge in [-0.25, -0.2) is 4.39 Å². The van der Waals surface area contributed by atoms with Crippen LogP contribution in [0.2, 0.25) is 0 Å². The minimum atomic E-state index is -0.194. The monoisotopic (exact) mass is 315 g/mol. The van der Waals surface area contributed by atoms with Gasteiger partial charge in [-0.1, -0.05) is 19.9 Å². The van der Waals surface area contributed by atoms with Crippen molar-refractivity contribution in [2.45, 2.75) is 35.6 Å². The van der Waals surface area contributed by atoms with Gasteiger partial charge in [-0.15, -0.1) is 0 Å². The van der Waals surface area contributed by atoms with Gasteiger partial charge in [-0.2, -0.15) is 23.5 Å². The van der Waals surface area contributed by atoms with E-state index < -0.39 is 0 Å². The number of nitrogens with one attached hydrogen (secondary N) is 1. The second-order valence-corrected chi connectivity index (χ2v) is 8.10. The number of methoxy groups -OCH3 is 1. The van der Waals surface area contributed by atoms with E-state index in [1.165, 1.54) is 6.07 Å². The van der Waals surface area contributed by atoms with E-state index in [1.54, 1.807) is 7.11 Å². The molecule has 4 atom stereocenters. The quantitative estimate of drug-likeness (QED) is 0.914. The van der Waals surface area contributed by atoms with Gasteiger partial charge in [-0.3, -0.25) is 0 Å². The third-order valence-corrected chi connectivity index (χ3v) is 7.29. The topological polar surface area (TPSA) is 21.3 Å². The number of hydrogen-bond acceptors (Lipinski definition) is 4. The van der Waals surface area contributed by atoms with Crippen LogP contribution in [-0.2, 0) is 0 Å². The summed E-state index contributed by atoms with van der Waals surface area (Å²) in [6, 6.07) is 5.17. The lowest BCUT2D eigenvalue weighted by Crippen LogP contribution is -2.36. The van der Waals surface area contributed by atoms with Crippen molar-refractivity contribution in [2.24, 2.45) is 0 Å². The lowest BCUT2D eigenvalue weighted by atomic mass is 10.0. The lowest BCUT2D eigenvalue weighted by Gasteiger charge is -2.36. The molecule has 0 bridgehead atoms. The predicted molar refractivity (Wildman–Crippen MR) is 87.5 cm³/mol. The SMILES string of the molecule is CNC(c1ccc(OC)cc1F)C1CSC(C)C(C)S1. The zero-order chi connectivity index (χ0) is 14.7. The van der Waals surface area contributed by atoms with Crippen molar-refractivity contribution < 1.29 is 9.13 Å². The molecule has 4 unspecified atom stereocenters. The molecular weight excluding hydrogens is 293 g/mol. The van der Waals surface area contributed by atoms with E-state index in [0.717, 1.165) is 11.3 Å². The molecule has 1 N–H and O–H groups in total. The minimum Gasteiger partial charge on any atom is -0.497 e. The van der Waals surface area contributed by atoms with Crippen molar-refractivity contribution in [1.82, 2.24) is 5.32 Å². The Labute approximate surface area is 129 Å². The Bertz CT molecular complexity index is 457. The van der Waals surface area contributed by atoms with E-state index in [-0.39, 0.29) is 11.9 Å². The van der Waals surface area contributed by atoms with Crippen LogP contribution in [0, 0.1) is 5.82 Å². The normalized spacial score (nSPS) is 28.1. The highest BCUT2D eigenvalue weighted by atomic mass is 32.2. The second kappa shape index (κ2) is 7.05. The van der Waals surface area contributed by atoms with Crippen LogP contribution in [-0.4, -0.2) is 35.7 Å². The zero-order valence-corrected chi connectivity index (χ0v) is 14.0. The number of halogens is 1. The van der Waals surface area contributed by atoms with Crippen LogP contribution < -0.4 is 10.1 Å². The van der Waals surface area contributed by atoms with Gasteiger partial charge in [0.1, 0.15) is 11.6 Å². The average Bonchev–Trinajstić information content (AvgIpc) is 2.45.